The van der Waals surface area contributed by atoms with Crippen LogP contribution < -0.4 is 5.32 Å². The van der Waals surface area contributed by atoms with Crippen molar-refractivity contribution in [1.82, 2.24) is 10.2 Å². The highest BCUT2D eigenvalue weighted by atomic mass is 16.3. The van der Waals surface area contributed by atoms with E-state index in [0.717, 1.165) is 31.2 Å². The SMILES string of the molecule is CC(=O)N1[C@H](CO)[C@H](c2ccc(C3=CCCC3)cc2)[C@H]1CNC(=O)CC1CC1. The fourth-order valence-electron chi connectivity index (χ4n) is 4.81. The van der Waals surface area contributed by atoms with Crippen LogP contribution in [-0.4, -0.2) is 47.1 Å². The highest BCUT2D eigenvalue weighted by Gasteiger charge is 2.50. The molecule has 0 aromatic heterocycles. The largest absolute Gasteiger partial charge is 0.394 e. The van der Waals surface area contributed by atoms with Crippen LogP contribution in [0.25, 0.3) is 5.57 Å². The van der Waals surface area contributed by atoms with Crippen LogP contribution in [0, 0.1) is 5.92 Å². The van der Waals surface area contributed by atoms with E-state index in [0.29, 0.717) is 18.9 Å². The van der Waals surface area contributed by atoms with Gasteiger partial charge in [0.15, 0.2) is 0 Å². The highest BCUT2D eigenvalue weighted by molar-refractivity contribution is 5.78. The third-order valence-electron chi connectivity index (χ3n) is 6.48. The third-order valence-corrected chi connectivity index (χ3v) is 6.48. The molecule has 0 bridgehead atoms. The van der Waals surface area contributed by atoms with Crippen molar-refractivity contribution in [3.05, 3.63) is 41.5 Å². The molecule has 1 saturated carbocycles. The molecule has 4 rings (SSSR count). The van der Waals surface area contributed by atoms with Crippen LogP contribution in [0.4, 0.5) is 0 Å². The number of hydrogen-bond acceptors (Lipinski definition) is 3. The summed E-state index contributed by atoms with van der Waals surface area (Å²) in [5, 5.41) is 12.9. The summed E-state index contributed by atoms with van der Waals surface area (Å²) in [6, 6.07) is 8.23. The number of benzene rings is 1. The standard InChI is InChI=1S/C23H30N2O3/c1-15(27)25-20(13-24-22(28)12-16-6-7-16)23(21(25)14-26)19-10-8-18(9-11-19)17-4-2-3-5-17/h4,8-11,16,20-21,23,26H,2-3,5-7,12-14H2,1H3,(H,24,28)/t20-,21-,23-/m1/s1. The zero-order valence-electron chi connectivity index (χ0n) is 16.6. The first-order valence-electron chi connectivity index (χ1n) is 10.5. The van der Waals surface area contributed by atoms with Crippen molar-refractivity contribution in [3.63, 3.8) is 0 Å². The van der Waals surface area contributed by atoms with Crippen molar-refractivity contribution in [3.8, 4) is 0 Å². The second-order valence-corrected chi connectivity index (χ2v) is 8.46. The van der Waals surface area contributed by atoms with E-state index in [-0.39, 0.29) is 36.4 Å². The minimum Gasteiger partial charge on any atom is -0.394 e. The van der Waals surface area contributed by atoms with Gasteiger partial charge in [-0.25, -0.2) is 0 Å². The van der Waals surface area contributed by atoms with Gasteiger partial charge in [-0.2, -0.15) is 0 Å². The summed E-state index contributed by atoms with van der Waals surface area (Å²) in [5.41, 5.74) is 3.80. The van der Waals surface area contributed by atoms with Crippen molar-refractivity contribution in [2.24, 2.45) is 5.92 Å². The molecule has 0 radical (unpaired) electrons. The molecule has 5 nitrogen and oxygen atoms in total. The van der Waals surface area contributed by atoms with E-state index >= 15 is 0 Å². The molecule has 0 spiro atoms. The molecule has 2 amide bonds. The van der Waals surface area contributed by atoms with Crippen LogP contribution in [0.5, 0.6) is 0 Å². The molecule has 1 saturated heterocycles. The molecule has 3 atom stereocenters. The van der Waals surface area contributed by atoms with Gasteiger partial charge in [-0.15, -0.1) is 0 Å². The third kappa shape index (κ3) is 3.86. The predicted molar refractivity (Wildman–Crippen MR) is 109 cm³/mol. The molecule has 2 N–H and O–H groups in total. The van der Waals surface area contributed by atoms with Gasteiger partial charge < -0.3 is 15.3 Å². The molecule has 1 aliphatic heterocycles. The number of aliphatic hydroxyl groups is 1. The van der Waals surface area contributed by atoms with Gasteiger partial charge in [-0.1, -0.05) is 30.3 Å². The van der Waals surface area contributed by atoms with Crippen molar-refractivity contribution >= 4 is 17.4 Å². The summed E-state index contributed by atoms with van der Waals surface area (Å²) in [4.78, 5) is 26.0. The molecule has 2 aliphatic carbocycles. The van der Waals surface area contributed by atoms with Crippen LogP contribution in [0.1, 0.15) is 62.5 Å². The predicted octanol–water partition coefficient (Wildman–Crippen LogP) is 2.85. The summed E-state index contributed by atoms with van der Waals surface area (Å²) in [6.07, 6.45) is 8.71. The van der Waals surface area contributed by atoms with E-state index in [1.165, 1.54) is 24.5 Å². The number of amides is 2. The quantitative estimate of drug-likeness (QED) is 0.762. The first-order chi connectivity index (χ1) is 13.6. The average Bonchev–Trinajstić information content (AvgIpc) is 3.30. The maximum absolute atomic E-state index is 12.1. The maximum Gasteiger partial charge on any atom is 0.220 e. The Labute approximate surface area is 166 Å². The molecule has 28 heavy (non-hydrogen) atoms. The number of rotatable bonds is 7. The van der Waals surface area contributed by atoms with E-state index in [4.69, 9.17) is 0 Å². The normalized spacial score (nSPS) is 26.6. The Balaban J connectivity index is 1.48. The minimum atomic E-state index is -0.223. The molecule has 1 aromatic rings. The number of allylic oxidation sites excluding steroid dienone is 2. The smallest absolute Gasteiger partial charge is 0.220 e. The molecule has 150 valence electrons. The number of likely N-dealkylation sites (tertiary alicyclic amines) is 1. The van der Waals surface area contributed by atoms with Crippen molar-refractivity contribution in [2.75, 3.05) is 13.2 Å². The molecular formula is C23H30N2O3. The summed E-state index contributed by atoms with van der Waals surface area (Å²) in [5.74, 6) is 0.607. The molecule has 0 unspecified atom stereocenters. The summed E-state index contributed by atoms with van der Waals surface area (Å²) in [7, 11) is 0. The molecule has 5 heteroatoms. The van der Waals surface area contributed by atoms with Gasteiger partial charge >= 0.3 is 0 Å². The van der Waals surface area contributed by atoms with E-state index in [1.54, 1.807) is 4.90 Å². The summed E-state index contributed by atoms with van der Waals surface area (Å²) >= 11 is 0. The lowest BCUT2D eigenvalue weighted by atomic mass is 9.74. The molecule has 1 aromatic carbocycles. The Morgan fingerprint density at radius 1 is 1.18 bits per heavy atom. The molecule has 2 fully saturated rings. The fourth-order valence-corrected chi connectivity index (χ4v) is 4.81. The number of nitrogens with zero attached hydrogens (tertiary/aromatic N) is 1. The van der Waals surface area contributed by atoms with Gasteiger partial charge in [0.1, 0.15) is 0 Å². The van der Waals surface area contributed by atoms with Crippen molar-refractivity contribution < 1.29 is 14.7 Å². The zero-order chi connectivity index (χ0) is 19.7. The fraction of sp³-hybridized carbons (Fsp3) is 0.565. The number of carbonyl (C=O) groups excluding carboxylic acids is 2. The lowest BCUT2D eigenvalue weighted by Gasteiger charge is -2.54. The molecular weight excluding hydrogens is 352 g/mol. The summed E-state index contributed by atoms with van der Waals surface area (Å²) < 4.78 is 0. The van der Waals surface area contributed by atoms with Crippen LogP contribution in [0.2, 0.25) is 0 Å². The monoisotopic (exact) mass is 382 g/mol. The second kappa shape index (κ2) is 8.08. The van der Waals surface area contributed by atoms with Gasteiger partial charge in [-0.3, -0.25) is 9.59 Å². The highest BCUT2D eigenvalue weighted by Crippen LogP contribution is 2.41. The number of carbonyl (C=O) groups is 2. The van der Waals surface area contributed by atoms with E-state index < -0.39 is 0 Å². The maximum atomic E-state index is 12.1. The minimum absolute atomic E-state index is 0.0433. The Morgan fingerprint density at radius 2 is 1.93 bits per heavy atom. The average molecular weight is 383 g/mol. The Kier molecular flexibility index (Phi) is 5.54. The summed E-state index contributed by atoms with van der Waals surface area (Å²) in [6.45, 7) is 1.91. The van der Waals surface area contributed by atoms with Gasteiger partial charge in [0, 0.05) is 25.8 Å². The van der Waals surface area contributed by atoms with Gasteiger partial charge in [0.25, 0.3) is 0 Å². The van der Waals surface area contributed by atoms with Gasteiger partial charge in [0.2, 0.25) is 11.8 Å². The number of aliphatic hydroxyl groups excluding tert-OH is 1. The van der Waals surface area contributed by atoms with Crippen LogP contribution in [0.3, 0.4) is 0 Å². The van der Waals surface area contributed by atoms with E-state index in [1.807, 2.05) is 0 Å². The number of hydrogen-bond donors (Lipinski definition) is 2. The number of nitrogens with one attached hydrogen (secondary N) is 1. The van der Waals surface area contributed by atoms with Gasteiger partial charge in [-0.05, 0) is 54.7 Å². The van der Waals surface area contributed by atoms with E-state index in [2.05, 4.69) is 35.7 Å². The first-order valence-corrected chi connectivity index (χ1v) is 10.5. The lowest BCUT2D eigenvalue weighted by molar-refractivity contribution is -0.148. The molecule has 3 aliphatic rings. The van der Waals surface area contributed by atoms with Crippen LogP contribution >= 0.6 is 0 Å². The second-order valence-electron chi connectivity index (χ2n) is 8.46. The van der Waals surface area contributed by atoms with Crippen LogP contribution in [0.15, 0.2) is 30.3 Å². The Bertz CT molecular complexity index is 767. The Morgan fingerprint density at radius 3 is 2.50 bits per heavy atom. The van der Waals surface area contributed by atoms with Gasteiger partial charge in [0.05, 0.1) is 18.7 Å². The molecule has 1 heterocycles. The topological polar surface area (TPSA) is 69.6 Å². The van der Waals surface area contributed by atoms with E-state index in [9.17, 15) is 14.7 Å². The van der Waals surface area contributed by atoms with Crippen LogP contribution in [-0.2, 0) is 9.59 Å². The van der Waals surface area contributed by atoms with Crippen molar-refractivity contribution in [2.45, 2.75) is 63.5 Å². The first kappa shape index (κ1) is 19.2. The Hall–Kier alpha value is -2.14. The van der Waals surface area contributed by atoms with Crippen molar-refractivity contribution in [1.29, 1.82) is 0 Å². The lowest BCUT2D eigenvalue weighted by Crippen LogP contribution is -2.68. The zero-order valence-corrected chi connectivity index (χ0v) is 16.6.